The fourth-order valence-electron chi connectivity index (χ4n) is 0.777. The minimum atomic E-state index is -1.06. The molecule has 0 bridgehead atoms. The van der Waals surface area contributed by atoms with Crippen molar-refractivity contribution in [1.82, 2.24) is 10.6 Å². The number of urea groups is 1. The van der Waals surface area contributed by atoms with Crippen LogP contribution in [0.1, 0.15) is 20.3 Å². The molecule has 0 radical (unpaired) electrons. The Bertz CT molecular complexity index is 257. The second-order valence-corrected chi connectivity index (χ2v) is 2.81. The minimum Gasteiger partial charge on any atom is -0.480 e. The first-order valence-electron chi connectivity index (χ1n) is 4.27. The summed E-state index contributed by atoms with van der Waals surface area (Å²) in [5, 5.41) is 13.3. The highest BCUT2D eigenvalue weighted by Crippen LogP contribution is 1.90. The zero-order valence-corrected chi connectivity index (χ0v) is 8.20. The molecule has 2 amide bonds. The van der Waals surface area contributed by atoms with Gasteiger partial charge in [0.05, 0.1) is 6.04 Å². The molecular formula is C9H14N2O3. The molecule has 0 aliphatic rings. The molecule has 3 N–H and O–H groups in total. The largest absolute Gasteiger partial charge is 0.480 e. The van der Waals surface area contributed by atoms with Gasteiger partial charge in [-0.05, 0) is 13.3 Å². The molecule has 0 saturated heterocycles. The lowest BCUT2D eigenvalue weighted by Crippen LogP contribution is -2.47. The van der Waals surface area contributed by atoms with Crippen molar-refractivity contribution in [3.8, 4) is 12.3 Å². The summed E-state index contributed by atoms with van der Waals surface area (Å²) in [6.07, 6.45) is 5.36. The predicted molar refractivity (Wildman–Crippen MR) is 51.7 cm³/mol. The molecule has 0 fully saturated rings. The molecule has 0 aromatic carbocycles. The van der Waals surface area contributed by atoms with Crippen LogP contribution >= 0.6 is 0 Å². The van der Waals surface area contributed by atoms with Gasteiger partial charge in [0.1, 0.15) is 6.04 Å². The fraction of sp³-hybridized carbons (Fsp3) is 0.556. The van der Waals surface area contributed by atoms with E-state index in [-0.39, 0.29) is 0 Å². The molecule has 2 atom stereocenters. The van der Waals surface area contributed by atoms with Gasteiger partial charge in [-0.25, -0.2) is 9.59 Å². The van der Waals surface area contributed by atoms with Crippen LogP contribution in [0.4, 0.5) is 4.79 Å². The van der Waals surface area contributed by atoms with Crippen molar-refractivity contribution in [1.29, 1.82) is 0 Å². The van der Waals surface area contributed by atoms with Crippen molar-refractivity contribution in [2.75, 3.05) is 0 Å². The Morgan fingerprint density at radius 2 is 2.07 bits per heavy atom. The summed E-state index contributed by atoms with van der Waals surface area (Å²) in [5.41, 5.74) is 0. The summed E-state index contributed by atoms with van der Waals surface area (Å²) < 4.78 is 0. The average Bonchev–Trinajstić information content (AvgIpc) is 2.13. The average molecular weight is 198 g/mol. The van der Waals surface area contributed by atoms with E-state index in [1.54, 1.807) is 13.8 Å². The number of amides is 2. The molecule has 0 saturated carbocycles. The van der Waals surface area contributed by atoms with Crippen LogP contribution in [-0.4, -0.2) is 29.2 Å². The summed E-state index contributed by atoms with van der Waals surface area (Å²) in [6, 6.07) is -1.86. The Hall–Kier alpha value is -1.70. The second-order valence-electron chi connectivity index (χ2n) is 2.81. The Morgan fingerprint density at radius 3 is 2.43 bits per heavy atom. The molecule has 0 spiro atoms. The number of nitrogens with one attached hydrogen (secondary N) is 2. The molecule has 0 heterocycles. The Labute approximate surface area is 82.9 Å². The van der Waals surface area contributed by atoms with E-state index < -0.39 is 24.1 Å². The van der Waals surface area contributed by atoms with Gasteiger partial charge in [0.2, 0.25) is 0 Å². The highest BCUT2D eigenvalue weighted by Gasteiger charge is 2.17. The van der Waals surface area contributed by atoms with Crippen molar-refractivity contribution in [3.63, 3.8) is 0 Å². The van der Waals surface area contributed by atoms with Crippen molar-refractivity contribution < 1.29 is 14.7 Å². The molecule has 0 aromatic heterocycles. The highest BCUT2D eigenvalue weighted by molar-refractivity contribution is 5.82. The molecule has 14 heavy (non-hydrogen) atoms. The molecule has 78 valence electrons. The summed E-state index contributed by atoms with van der Waals surface area (Å²) >= 11 is 0. The third-order valence-corrected chi connectivity index (χ3v) is 1.61. The van der Waals surface area contributed by atoms with Crippen molar-refractivity contribution >= 4 is 12.0 Å². The van der Waals surface area contributed by atoms with Crippen molar-refractivity contribution in [2.45, 2.75) is 32.4 Å². The molecule has 0 rings (SSSR count). The Kier molecular flexibility index (Phi) is 5.15. The lowest BCUT2D eigenvalue weighted by molar-refractivity contribution is -0.139. The first-order chi connectivity index (χ1) is 6.51. The van der Waals surface area contributed by atoms with Gasteiger partial charge in [-0.1, -0.05) is 12.8 Å². The maximum absolute atomic E-state index is 11.1. The topological polar surface area (TPSA) is 78.4 Å². The first kappa shape index (κ1) is 12.3. The third-order valence-electron chi connectivity index (χ3n) is 1.61. The van der Waals surface area contributed by atoms with E-state index in [9.17, 15) is 9.59 Å². The van der Waals surface area contributed by atoms with Crippen LogP contribution in [0.5, 0.6) is 0 Å². The molecule has 5 heteroatoms. The van der Waals surface area contributed by atoms with Crippen LogP contribution in [0.2, 0.25) is 0 Å². The zero-order valence-electron chi connectivity index (χ0n) is 8.20. The van der Waals surface area contributed by atoms with Crippen LogP contribution in [0, 0.1) is 12.3 Å². The SMILES string of the molecule is C#CC(C)NC(=O)NC(CC)C(=O)O. The Balaban J connectivity index is 4.05. The molecule has 5 nitrogen and oxygen atoms in total. The van der Waals surface area contributed by atoms with E-state index >= 15 is 0 Å². The van der Waals surface area contributed by atoms with Crippen LogP contribution in [0.3, 0.4) is 0 Å². The van der Waals surface area contributed by atoms with E-state index in [0.717, 1.165) is 0 Å². The van der Waals surface area contributed by atoms with E-state index in [1.165, 1.54) is 0 Å². The van der Waals surface area contributed by atoms with Gasteiger partial charge in [0.15, 0.2) is 0 Å². The van der Waals surface area contributed by atoms with Gasteiger partial charge in [-0.2, -0.15) is 0 Å². The number of carbonyl (C=O) groups is 2. The van der Waals surface area contributed by atoms with Crippen LogP contribution in [-0.2, 0) is 4.79 Å². The van der Waals surface area contributed by atoms with Crippen molar-refractivity contribution in [3.05, 3.63) is 0 Å². The number of carboxylic acids is 1. The van der Waals surface area contributed by atoms with Crippen molar-refractivity contribution in [2.24, 2.45) is 0 Å². The van der Waals surface area contributed by atoms with Crippen LogP contribution in [0.15, 0.2) is 0 Å². The van der Waals surface area contributed by atoms with E-state index in [4.69, 9.17) is 11.5 Å². The Morgan fingerprint density at radius 1 is 1.50 bits per heavy atom. The van der Waals surface area contributed by atoms with E-state index in [2.05, 4.69) is 16.6 Å². The number of rotatable bonds is 4. The molecule has 0 aliphatic heterocycles. The first-order valence-corrected chi connectivity index (χ1v) is 4.27. The van der Waals surface area contributed by atoms with Gasteiger partial charge in [0, 0.05) is 0 Å². The number of hydrogen-bond donors (Lipinski definition) is 3. The summed E-state index contributed by atoms with van der Waals surface area (Å²) in [7, 11) is 0. The quantitative estimate of drug-likeness (QED) is 0.563. The monoisotopic (exact) mass is 198 g/mol. The van der Waals surface area contributed by atoms with Gasteiger partial charge >= 0.3 is 12.0 Å². The highest BCUT2D eigenvalue weighted by atomic mass is 16.4. The lowest BCUT2D eigenvalue weighted by atomic mass is 10.2. The molecule has 0 aromatic rings. The number of carboxylic acid groups (broad SMARTS) is 1. The van der Waals surface area contributed by atoms with Crippen LogP contribution in [0.25, 0.3) is 0 Å². The molecule has 0 aliphatic carbocycles. The number of aliphatic carboxylic acids is 1. The summed E-state index contributed by atoms with van der Waals surface area (Å²) in [4.78, 5) is 21.6. The fourth-order valence-corrected chi connectivity index (χ4v) is 0.777. The summed E-state index contributed by atoms with van der Waals surface area (Å²) in [6.45, 7) is 3.30. The smallest absolute Gasteiger partial charge is 0.326 e. The zero-order chi connectivity index (χ0) is 11.1. The maximum atomic E-state index is 11.1. The normalized spacial score (nSPS) is 13.5. The van der Waals surface area contributed by atoms with E-state index in [1.807, 2.05) is 0 Å². The van der Waals surface area contributed by atoms with Gasteiger partial charge in [-0.15, -0.1) is 6.42 Å². The minimum absolute atomic E-state index is 0.327. The standard InChI is InChI=1S/C9H14N2O3/c1-4-6(3)10-9(14)11-7(5-2)8(12)13/h1,6-7H,5H2,2-3H3,(H,12,13)(H2,10,11,14). The number of terminal acetylenes is 1. The predicted octanol–water partition coefficient (Wildman–Crippen LogP) is 0.170. The second kappa shape index (κ2) is 5.86. The molecular weight excluding hydrogens is 184 g/mol. The molecule has 2 unspecified atom stereocenters. The van der Waals surface area contributed by atoms with Crippen LogP contribution < -0.4 is 10.6 Å². The third kappa shape index (κ3) is 4.36. The van der Waals surface area contributed by atoms with E-state index in [0.29, 0.717) is 6.42 Å². The van der Waals surface area contributed by atoms with Gasteiger partial charge < -0.3 is 15.7 Å². The number of carbonyl (C=O) groups excluding carboxylic acids is 1. The van der Waals surface area contributed by atoms with Gasteiger partial charge in [0.25, 0.3) is 0 Å². The lowest BCUT2D eigenvalue weighted by Gasteiger charge is -2.14. The summed E-state index contributed by atoms with van der Waals surface area (Å²) in [5.74, 6) is 1.24. The van der Waals surface area contributed by atoms with Gasteiger partial charge in [-0.3, -0.25) is 0 Å². The number of hydrogen-bond acceptors (Lipinski definition) is 2. The maximum Gasteiger partial charge on any atom is 0.326 e.